The van der Waals surface area contributed by atoms with Gasteiger partial charge in [0.25, 0.3) is 0 Å². The summed E-state index contributed by atoms with van der Waals surface area (Å²) in [4.78, 5) is 11.2. The van der Waals surface area contributed by atoms with Crippen molar-refractivity contribution in [2.75, 3.05) is 13.2 Å². The van der Waals surface area contributed by atoms with E-state index < -0.39 is 11.4 Å². The highest BCUT2D eigenvalue weighted by Crippen LogP contribution is 2.41. The predicted octanol–water partition coefficient (Wildman–Crippen LogP) is 2.87. The van der Waals surface area contributed by atoms with Crippen LogP contribution in [0.4, 0.5) is 0 Å². The van der Waals surface area contributed by atoms with Gasteiger partial charge in [-0.1, -0.05) is 6.07 Å². The second-order valence-corrected chi connectivity index (χ2v) is 5.72. The largest absolute Gasteiger partial charge is 0.486 e. The molecule has 0 bridgehead atoms. The quantitative estimate of drug-likeness (QED) is 0.932. The molecule has 0 aromatic heterocycles. The fraction of sp³-hybridized carbons (Fsp3) is 0.462. The molecule has 0 aliphatic carbocycles. The Morgan fingerprint density at radius 3 is 2.72 bits per heavy atom. The molecule has 1 aromatic carbocycles. The minimum Gasteiger partial charge on any atom is -0.486 e. The van der Waals surface area contributed by atoms with E-state index in [0.717, 1.165) is 10.0 Å². The second kappa shape index (κ2) is 4.80. The Morgan fingerprint density at radius 2 is 2.06 bits per heavy atom. The molecule has 2 rings (SSSR count). The van der Waals surface area contributed by atoms with E-state index in [-0.39, 0.29) is 0 Å². The van der Waals surface area contributed by atoms with Gasteiger partial charge in [0.05, 0.1) is 9.89 Å². The van der Waals surface area contributed by atoms with E-state index in [0.29, 0.717) is 31.1 Å². The van der Waals surface area contributed by atoms with E-state index in [9.17, 15) is 4.79 Å². The van der Waals surface area contributed by atoms with Crippen molar-refractivity contribution >= 4 is 21.9 Å². The number of rotatable bonds is 3. The van der Waals surface area contributed by atoms with E-state index in [1.54, 1.807) is 13.8 Å². The van der Waals surface area contributed by atoms with E-state index in [2.05, 4.69) is 15.9 Å². The smallest absolute Gasteiger partial charge is 0.309 e. The van der Waals surface area contributed by atoms with E-state index >= 15 is 0 Å². The molecule has 0 saturated carbocycles. The normalized spacial score (nSPS) is 14.4. The summed E-state index contributed by atoms with van der Waals surface area (Å²) in [5, 5.41) is 9.16. The Balaban J connectivity index is 2.33. The molecule has 0 spiro atoms. The average Bonchev–Trinajstić information content (AvgIpc) is 2.33. The monoisotopic (exact) mass is 314 g/mol. The van der Waals surface area contributed by atoms with Crippen molar-refractivity contribution in [3.8, 4) is 11.5 Å². The van der Waals surface area contributed by atoms with Crippen molar-refractivity contribution in [3.05, 3.63) is 22.2 Å². The first-order valence-corrected chi connectivity index (χ1v) is 6.51. The van der Waals surface area contributed by atoms with Crippen LogP contribution in [-0.4, -0.2) is 24.3 Å². The molecule has 0 unspecified atom stereocenters. The third-order valence-corrected chi connectivity index (χ3v) is 3.81. The third-order valence-electron chi connectivity index (χ3n) is 2.94. The molecule has 1 aliphatic heterocycles. The lowest BCUT2D eigenvalue weighted by atomic mass is 9.86. The maximum absolute atomic E-state index is 11.2. The Hall–Kier alpha value is -1.23. The summed E-state index contributed by atoms with van der Waals surface area (Å²) >= 11 is 3.47. The van der Waals surface area contributed by atoms with Crippen molar-refractivity contribution in [2.45, 2.75) is 20.3 Å². The van der Waals surface area contributed by atoms with E-state index in [1.165, 1.54) is 0 Å². The molecular weight excluding hydrogens is 300 g/mol. The maximum atomic E-state index is 11.2. The number of hydrogen-bond donors (Lipinski definition) is 1. The molecule has 4 nitrogen and oxygen atoms in total. The molecular formula is C13H15BrO4. The van der Waals surface area contributed by atoms with Crippen LogP contribution in [0.1, 0.15) is 19.4 Å². The lowest BCUT2D eigenvalue weighted by Gasteiger charge is -2.24. The summed E-state index contributed by atoms with van der Waals surface area (Å²) < 4.78 is 11.8. The van der Waals surface area contributed by atoms with Gasteiger partial charge in [0.15, 0.2) is 11.5 Å². The number of carboxylic acid groups (broad SMARTS) is 1. The van der Waals surface area contributed by atoms with Gasteiger partial charge < -0.3 is 14.6 Å². The highest BCUT2D eigenvalue weighted by atomic mass is 79.9. The highest BCUT2D eigenvalue weighted by Gasteiger charge is 2.29. The first-order chi connectivity index (χ1) is 8.42. The lowest BCUT2D eigenvalue weighted by Crippen LogP contribution is -2.26. The van der Waals surface area contributed by atoms with Crippen LogP contribution >= 0.6 is 15.9 Å². The summed E-state index contributed by atoms with van der Waals surface area (Å²) in [6, 6.07) is 3.70. The van der Waals surface area contributed by atoms with Crippen molar-refractivity contribution in [1.82, 2.24) is 0 Å². The first-order valence-electron chi connectivity index (χ1n) is 5.72. The standard InChI is InChI=1S/C13H15BrO4/c1-13(2,12(15)16)7-8-3-4-9-11(10(8)14)18-6-5-17-9/h3-4H,5-7H2,1-2H3,(H,15,16). The summed E-state index contributed by atoms with van der Waals surface area (Å²) in [7, 11) is 0. The highest BCUT2D eigenvalue weighted by molar-refractivity contribution is 9.10. The maximum Gasteiger partial charge on any atom is 0.309 e. The van der Waals surface area contributed by atoms with Crippen molar-refractivity contribution in [3.63, 3.8) is 0 Å². The molecule has 0 atom stereocenters. The zero-order valence-corrected chi connectivity index (χ0v) is 11.9. The van der Waals surface area contributed by atoms with Crippen LogP contribution in [0.3, 0.4) is 0 Å². The molecule has 1 heterocycles. The molecule has 98 valence electrons. The molecule has 1 aromatic rings. The number of carbonyl (C=O) groups is 1. The van der Waals surface area contributed by atoms with Gasteiger partial charge in [0.1, 0.15) is 13.2 Å². The molecule has 18 heavy (non-hydrogen) atoms. The van der Waals surface area contributed by atoms with Crippen molar-refractivity contribution in [2.24, 2.45) is 5.41 Å². The Kier molecular flexibility index (Phi) is 3.52. The number of aliphatic carboxylic acids is 1. The minimum absolute atomic E-state index is 0.430. The topological polar surface area (TPSA) is 55.8 Å². The van der Waals surface area contributed by atoms with E-state index in [4.69, 9.17) is 14.6 Å². The summed E-state index contributed by atoms with van der Waals surface area (Å²) in [6.45, 7) is 4.47. The molecule has 0 saturated heterocycles. The lowest BCUT2D eigenvalue weighted by molar-refractivity contribution is -0.146. The molecule has 1 N–H and O–H groups in total. The minimum atomic E-state index is -0.815. The van der Waals surface area contributed by atoms with Gasteiger partial charge in [0, 0.05) is 0 Å². The van der Waals surface area contributed by atoms with Gasteiger partial charge >= 0.3 is 5.97 Å². The fourth-order valence-corrected chi connectivity index (χ4v) is 2.39. The van der Waals surface area contributed by atoms with Crippen LogP contribution < -0.4 is 9.47 Å². The summed E-state index contributed by atoms with van der Waals surface area (Å²) in [5.74, 6) is 0.550. The SMILES string of the molecule is CC(C)(Cc1ccc2c(c1Br)OCCO2)C(=O)O. The number of ether oxygens (including phenoxy) is 2. The Labute approximate surface area is 114 Å². The predicted molar refractivity (Wildman–Crippen MR) is 70.3 cm³/mol. The van der Waals surface area contributed by atoms with Crippen LogP contribution in [0.2, 0.25) is 0 Å². The number of fused-ring (bicyclic) bond motifs is 1. The Morgan fingerprint density at radius 1 is 1.39 bits per heavy atom. The van der Waals surface area contributed by atoms with Crippen LogP contribution in [0.25, 0.3) is 0 Å². The molecule has 0 radical (unpaired) electrons. The number of halogens is 1. The van der Waals surface area contributed by atoms with Crippen LogP contribution in [0.15, 0.2) is 16.6 Å². The fourth-order valence-electron chi connectivity index (χ4n) is 1.81. The molecule has 1 aliphatic rings. The van der Waals surface area contributed by atoms with Gasteiger partial charge in [-0.25, -0.2) is 0 Å². The summed E-state index contributed by atoms with van der Waals surface area (Å²) in [5.41, 5.74) is 0.0957. The van der Waals surface area contributed by atoms with Crippen LogP contribution in [0, 0.1) is 5.41 Å². The summed E-state index contributed by atoms with van der Waals surface area (Å²) in [6.07, 6.45) is 0.430. The van der Waals surface area contributed by atoms with Crippen LogP contribution in [0.5, 0.6) is 11.5 Å². The molecule has 0 fully saturated rings. The van der Waals surface area contributed by atoms with Gasteiger partial charge in [-0.05, 0) is 47.8 Å². The van der Waals surface area contributed by atoms with Gasteiger partial charge in [0.2, 0.25) is 0 Å². The Bertz CT molecular complexity index is 482. The number of benzene rings is 1. The zero-order chi connectivity index (χ0) is 13.3. The van der Waals surface area contributed by atoms with Gasteiger partial charge in [-0.3, -0.25) is 4.79 Å². The number of hydrogen-bond acceptors (Lipinski definition) is 3. The molecule has 0 amide bonds. The average molecular weight is 315 g/mol. The zero-order valence-electron chi connectivity index (χ0n) is 10.3. The van der Waals surface area contributed by atoms with Gasteiger partial charge in [-0.2, -0.15) is 0 Å². The van der Waals surface area contributed by atoms with Gasteiger partial charge in [-0.15, -0.1) is 0 Å². The van der Waals surface area contributed by atoms with Crippen molar-refractivity contribution in [1.29, 1.82) is 0 Å². The first kappa shape index (κ1) is 13.2. The van der Waals surface area contributed by atoms with Crippen LogP contribution in [-0.2, 0) is 11.2 Å². The molecule has 5 heteroatoms. The third kappa shape index (κ3) is 2.46. The van der Waals surface area contributed by atoms with E-state index in [1.807, 2.05) is 12.1 Å². The second-order valence-electron chi connectivity index (χ2n) is 4.93. The van der Waals surface area contributed by atoms with Crippen molar-refractivity contribution < 1.29 is 19.4 Å². The number of carboxylic acids is 1.